The Bertz CT molecular complexity index is 439. The molecule has 104 valence electrons. The van der Waals surface area contributed by atoms with Crippen LogP contribution in [0.4, 0.5) is 5.69 Å². The number of carbonyl (C=O) groups is 1. The van der Waals surface area contributed by atoms with Gasteiger partial charge in [0.05, 0.1) is 5.56 Å². The quantitative estimate of drug-likeness (QED) is 0.627. The van der Waals surface area contributed by atoms with Gasteiger partial charge in [0.1, 0.15) is 0 Å². The number of para-hydroxylation sites is 1. The second kappa shape index (κ2) is 6.57. The van der Waals surface area contributed by atoms with Crippen LogP contribution in [0.25, 0.3) is 0 Å². The zero-order chi connectivity index (χ0) is 13.7. The van der Waals surface area contributed by atoms with Crippen molar-refractivity contribution in [2.24, 2.45) is 0 Å². The van der Waals surface area contributed by atoms with Gasteiger partial charge in [-0.25, -0.2) is 0 Å². The van der Waals surface area contributed by atoms with Crippen LogP contribution in [0, 0.1) is 6.92 Å². The van der Waals surface area contributed by atoms with E-state index < -0.39 is 0 Å². The first-order valence-electron chi connectivity index (χ1n) is 7.04. The fourth-order valence-electron chi connectivity index (χ4n) is 2.48. The zero-order valence-corrected chi connectivity index (χ0v) is 11.6. The Morgan fingerprint density at radius 2 is 2.11 bits per heavy atom. The number of carbonyl (C=O) groups excluding carboxylic acids is 1. The van der Waals surface area contributed by atoms with Crippen molar-refractivity contribution >= 4 is 11.6 Å². The number of hydrogen-bond donors (Lipinski definition) is 2. The van der Waals surface area contributed by atoms with Gasteiger partial charge in [-0.3, -0.25) is 4.79 Å². The van der Waals surface area contributed by atoms with Crippen LogP contribution in [0.5, 0.6) is 0 Å². The summed E-state index contributed by atoms with van der Waals surface area (Å²) in [6.07, 6.45) is 3.62. The fourth-order valence-corrected chi connectivity index (χ4v) is 2.48. The van der Waals surface area contributed by atoms with Crippen molar-refractivity contribution in [3.63, 3.8) is 0 Å². The highest BCUT2D eigenvalue weighted by atomic mass is 16.1. The summed E-state index contributed by atoms with van der Waals surface area (Å²) in [5.41, 5.74) is 8.03. The first-order valence-corrected chi connectivity index (χ1v) is 7.04. The molecular formula is C15H23N3O. The number of hydrogen-bond acceptors (Lipinski definition) is 3. The fraction of sp³-hybridized carbons (Fsp3) is 0.533. The van der Waals surface area contributed by atoms with Gasteiger partial charge in [0.25, 0.3) is 5.91 Å². The third kappa shape index (κ3) is 3.70. The van der Waals surface area contributed by atoms with Gasteiger partial charge in [-0.2, -0.15) is 0 Å². The molecule has 4 nitrogen and oxygen atoms in total. The number of benzene rings is 1. The molecule has 2 rings (SSSR count). The van der Waals surface area contributed by atoms with Crippen molar-refractivity contribution in [2.45, 2.75) is 26.2 Å². The van der Waals surface area contributed by atoms with Gasteiger partial charge < -0.3 is 16.0 Å². The third-order valence-electron chi connectivity index (χ3n) is 3.70. The van der Waals surface area contributed by atoms with Gasteiger partial charge in [-0.15, -0.1) is 0 Å². The largest absolute Gasteiger partial charge is 0.398 e. The molecular weight excluding hydrogens is 238 g/mol. The van der Waals surface area contributed by atoms with E-state index in [1.54, 1.807) is 6.07 Å². The molecule has 1 amide bonds. The highest BCUT2D eigenvalue weighted by Crippen LogP contribution is 2.16. The van der Waals surface area contributed by atoms with Gasteiger partial charge in [0, 0.05) is 12.2 Å². The molecule has 0 radical (unpaired) electrons. The van der Waals surface area contributed by atoms with Crippen LogP contribution < -0.4 is 11.1 Å². The van der Waals surface area contributed by atoms with Crippen LogP contribution in [0.1, 0.15) is 35.2 Å². The Balaban J connectivity index is 1.76. The molecule has 1 aliphatic rings. The highest BCUT2D eigenvalue weighted by molar-refractivity contribution is 5.99. The lowest BCUT2D eigenvalue weighted by Crippen LogP contribution is -2.29. The lowest BCUT2D eigenvalue weighted by Gasteiger charge is -2.14. The standard InChI is InChI=1S/C15H23N3O/c1-12-6-4-7-13(14(12)16)15(19)17-8-5-11-18-9-2-3-10-18/h4,6-7H,2-3,5,8-11,16H2,1H3,(H,17,19). The van der Waals surface area contributed by atoms with Gasteiger partial charge >= 0.3 is 0 Å². The molecule has 19 heavy (non-hydrogen) atoms. The minimum atomic E-state index is -0.0670. The molecule has 3 N–H and O–H groups in total. The second-order valence-electron chi connectivity index (χ2n) is 5.19. The van der Waals surface area contributed by atoms with E-state index in [1.165, 1.54) is 25.9 Å². The number of nitrogens with two attached hydrogens (primary N) is 1. The summed E-state index contributed by atoms with van der Waals surface area (Å²) in [5.74, 6) is -0.0670. The maximum absolute atomic E-state index is 12.0. The molecule has 0 aromatic heterocycles. The normalized spacial score (nSPS) is 15.6. The molecule has 0 bridgehead atoms. The summed E-state index contributed by atoms with van der Waals surface area (Å²) in [5, 5.41) is 2.95. The van der Waals surface area contributed by atoms with E-state index >= 15 is 0 Å². The number of nitrogens with zero attached hydrogens (tertiary/aromatic N) is 1. The van der Waals surface area contributed by atoms with E-state index in [0.29, 0.717) is 17.8 Å². The lowest BCUT2D eigenvalue weighted by atomic mass is 10.1. The average molecular weight is 261 g/mol. The third-order valence-corrected chi connectivity index (χ3v) is 3.70. The first-order chi connectivity index (χ1) is 9.18. The van der Waals surface area contributed by atoms with E-state index in [1.807, 2.05) is 19.1 Å². The van der Waals surface area contributed by atoms with E-state index in [2.05, 4.69) is 10.2 Å². The number of rotatable bonds is 5. The van der Waals surface area contributed by atoms with Crippen molar-refractivity contribution in [1.29, 1.82) is 0 Å². The van der Waals surface area contributed by atoms with Crippen molar-refractivity contribution in [2.75, 3.05) is 31.9 Å². The van der Waals surface area contributed by atoms with Crippen molar-refractivity contribution in [3.05, 3.63) is 29.3 Å². The van der Waals surface area contributed by atoms with Crippen LogP contribution in [0.15, 0.2) is 18.2 Å². The maximum Gasteiger partial charge on any atom is 0.253 e. The smallest absolute Gasteiger partial charge is 0.253 e. The Morgan fingerprint density at radius 3 is 2.84 bits per heavy atom. The number of nitrogen functional groups attached to an aromatic ring is 1. The summed E-state index contributed by atoms with van der Waals surface area (Å²) in [4.78, 5) is 14.5. The zero-order valence-electron chi connectivity index (χ0n) is 11.6. The minimum Gasteiger partial charge on any atom is -0.398 e. The maximum atomic E-state index is 12.0. The molecule has 0 spiro atoms. The van der Waals surface area contributed by atoms with Crippen molar-refractivity contribution in [3.8, 4) is 0 Å². The van der Waals surface area contributed by atoms with Crippen molar-refractivity contribution < 1.29 is 4.79 Å². The molecule has 1 fully saturated rings. The molecule has 0 unspecified atom stereocenters. The van der Waals surface area contributed by atoms with Gasteiger partial charge in [-0.1, -0.05) is 12.1 Å². The van der Waals surface area contributed by atoms with E-state index in [9.17, 15) is 4.79 Å². The van der Waals surface area contributed by atoms with Crippen LogP contribution in [0.3, 0.4) is 0 Å². The van der Waals surface area contributed by atoms with Crippen molar-refractivity contribution in [1.82, 2.24) is 10.2 Å². The Labute approximate surface area is 115 Å². The van der Waals surface area contributed by atoms with Crippen LogP contribution in [-0.2, 0) is 0 Å². The predicted molar refractivity (Wildman–Crippen MR) is 78.2 cm³/mol. The molecule has 1 heterocycles. The van der Waals surface area contributed by atoms with E-state index in [0.717, 1.165) is 18.5 Å². The molecule has 0 saturated carbocycles. The Morgan fingerprint density at radius 1 is 1.37 bits per heavy atom. The van der Waals surface area contributed by atoms with Gasteiger partial charge in [0.15, 0.2) is 0 Å². The summed E-state index contributed by atoms with van der Waals surface area (Å²) in [7, 11) is 0. The summed E-state index contributed by atoms with van der Waals surface area (Å²) in [6.45, 7) is 6.11. The van der Waals surface area contributed by atoms with Crippen LogP contribution in [0.2, 0.25) is 0 Å². The Kier molecular flexibility index (Phi) is 4.80. The number of amides is 1. The van der Waals surface area contributed by atoms with Gasteiger partial charge in [0.2, 0.25) is 0 Å². The SMILES string of the molecule is Cc1cccc(C(=O)NCCCN2CCCC2)c1N. The molecule has 1 saturated heterocycles. The highest BCUT2D eigenvalue weighted by Gasteiger charge is 2.12. The number of aryl methyl sites for hydroxylation is 1. The molecule has 0 atom stereocenters. The summed E-state index contributed by atoms with van der Waals surface area (Å²) in [6, 6.07) is 5.56. The monoisotopic (exact) mass is 261 g/mol. The molecule has 1 aromatic carbocycles. The molecule has 0 aliphatic carbocycles. The second-order valence-corrected chi connectivity index (χ2v) is 5.19. The molecule has 1 aromatic rings. The van der Waals surface area contributed by atoms with E-state index in [-0.39, 0.29) is 5.91 Å². The molecule has 4 heteroatoms. The first kappa shape index (κ1) is 13.9. The Hall–Kier alpha value is -1.55. The van der Waals surface area contributed by atoms with E-state index in [4.69, 9.17) is 5.73 Å². The summed E-state index contributed by atoms with van der Waals surface area (Å²) < 4.78 is 0. The predicted octanol–water partition coefficient (Wildman–Crippen LogP) is 1.79. The summed E-state index contributed by atoms with van der Waals surface area (Å²) >= 11 is 0. The van der Waals surface area contributed by atoms with Crippen LogP contribution in [-0.4, -0.2) is 37.0 Å². The molecule has 1 aliphatic heterocycles. The topological polar surface area (TPSA) is 58.4 Å². The van der Waals surface area contributed by atoms with Gasteiger partial charge in [-0.05, 0) is 57.5 Å². The average Bonchev–Trinajstić information content (AvgIpc) is 2.91. The number of anilines is 1. The minimum absolute atomic E-state index is 0.0670. The van der Waals surface area contributed by atoms with Crippen LogP contribution >= 0.6 is 0 Å². The number of likely N-dealkylation sites (tertiary alicyclic amines) is 1. The lowest BCUT2D eigenvalue weighted by molar-refractivity contribution is 0.0953. The number of nitrogens with one attached hydrogen (secondary N) is 1.